The van der Waals surface area contributed by atoms with Gasteiger partial charge in [0.2, 0.25) is 0 Å². The Morgan fingerprint density at radius 1 is 1.26 bits per heavy atom. The second-order valence-electron chi connectivity index (χ2n) is 6.46. The topological polar surface area (TPSA) is 101 Å². The second-order valence-corrected chi connectivity index (χ2v) is 6.46. The molecule has 0 bridgehead atoms. The van der Waals surface area contributed by atoms with Crippen LogP contribution in [0.15, 0.2) is 35.0 Å². The fraction of sp³-hybridized carbons (Fsp3) is 0.444. The third-order valence-corrected chi connectivity index (χ3v) is 4.24. The van der Waals surface area contributed by atoms with E-state index in [9.17, 15) is 9.59 Å². The number of piperidine rings is 1. The van der Waals surface area contributed by atoms with Crippen LogP contribution < -0.4 is 10.1 Å². The highest BCUT2D eigenvalue weighted by Gasteiger charge is 2.24. The summed E-state index contributed by atoms with van der Waals surface area (Å²) in [6.45, 7) is 1.41. The number of nitrogens with zero attached hydrogens (tertiary/aromatic N) is 4. The van der Waals surface area contributed by atoms with Crippen LogP contribution >= 0.6 is 0 Å². The highest BCUT2D eigenvalue weighted by molar-refractivity contribution is 5.91. The lowest BCUT2D eigenvalue weighted by atomic mass is 10.1. The first-order valence-electron chi connectivity index (χ1n) is 8.79. The van der Waals surface area contributed by atoms with Crippen LogP contribution in [0.25, 0.3) is 0 Å². The molecule has 27 heavy (non-hydrogen) atoms. The molecule has 3 rings (SSSR count). The number of likely N-dealkylation sites (tertiary alicyclic amines) is 1. The zero-order valence-corrected chi connectivity index (χ0v) is 15.4. The molecule has 0 aliphatic carbocycles. The smallest absolute Gasteiger partial charge is 0.317 e. The van der Waals surface area contributed by atoms with Gasteiger partial charge in [0.15, 0.2) is 5.76 Å². The zero-order chi connectivity index (χ0) is 19.2. The van der Waals surface area contributed by atoms with Gasteiger partial charge < -0.3 is 24.3 Å². The summed E-state index contributed by atoms with van der Waals surface area (Å²) >= 11 is 0. The first kappa shape index (κ1) is 18.7. The molecule has 1 aliphatic rings. The Kier molecular flexibility index (Phi) is 5.90. The predicted molar refractivity (Wildman–Crippen MR) is 96.2 cm³/mol. The summed E-state index contributed by atoms with van der Waals surface area (Å²) in [5.41, 5.74) is 0. The number of aromatic nitrogens is 2. The summed E-state index contributed by atoms with van der Waals surface area (Å²) in [6, 6.07) is 5.23. The van der Waals surface area contributed by atoms with Crippen LogP contribution in [0.3, 0.4) is 0 Å². The number of amides is 3. The first-order chi connectivity index (χ1) is 13.0. The van der Waals surface area contributed by atoms with Gasteiger partial charge in [0, 0.05) is 52.4 Å². The van der Waals surface area contributed by atoms with Crippen LogP contribution in [0.1, 0.15) is 29.2 Å². The van der Waals surface area contributed by atoms with Gasteiger partial charge in [0.05, 0.1) is 6.54 Å². The van der Waals surface area contributed by atoms with E-state index < -0.39 is 0 Å². The van der Waals surface area contributed by atoms with Crippen LogP contribution in [-0.4, -0.2) is 65.0 Å². The van der Waals surface area contributed by atoms with Crippen molar-refractivity contribution in [2.75, 3.05) is 27.2 Å². The first-order valence-corrected chi connectivity index (χ1v) is 8.79. The van der Waals surface area contributed by atoms with Crippen molar-refractivity contribution in [3.8, 4) is 6.01 Å². The molecule has 1 saturated heterocycles. The number of urea groups is 1. The highest BCUT2D eigenvalue weighted by Crippen LogP contribution is 2.16. The van der Waals surface area contributed by atoms with E-state index in [1.165, 1.54) is 4.90 Å². The number of carbonyl (C=O) groups excluding carboxylic acids is 2. The van der Waals surface area contributed by atoms with E-state index in [0.29, 0.717) is 37.7 Å². The molecular weight excluding hydrogens is 350 g/mol. The second kappa shape index (κ2) is 8.52. The van der Waals surface area contributed by atoms with Crippen molar-refractivity contribution >= 4 is 11.9 Å². The van der Waals surface area contributed by atoms with Gasteiger partial charge in [-0.3, -0.25) is 4.79 Å². The van der Waals surface area contributed by atoms with E-state index in [4.69, 9.17) is 9.15 Å². The Hall–Kier alpha value is -3.10. The van der Waals surface area contributed by atoms with Crippen molar-refractivity contribution in [3.63, 3.8) is 0 Å². The molecule has 0 unspecified atom stereocenters. The molecule has 9 nitrogen and oxygen atoms in total. The molecule has 144 valence electrons. The quantitative estimate of drug-likeness (QED) is 0.853. The van der Waals surface area contributed by atoms with Crippen molar-refractivity contribution in [1.29, 1.82) is 0 Å². The predicted octanol–water partition coefficient (Wildman–Crippen LogP) is 1.52. The van der Waals surface area contributed by atoms with Gasteiger partial charge in [0.25, 0.3) is 5.91 Å². The summed E-state index contributed by atoms with van der Waals surface area (Å²) in [6.07, 6.45) is 4.71. The maximum atomic E-state index is 12.3. The maximum absolute atomic E-state index is 12.3. The summed E-state index contributed by atoms with van der Waals surface area (Å²) in [5, 5.41) is 2.82. The Morgan fingerprint density at radius 3 is 2.63 bits per heavy atom. The number of nitrogens with one attached hydrogen (secondary N) is 1. The third-order valence-electron chi connectivity index (χ3n) is 4.24. The molecule has 2 aromatic rings. The van der Waals surface area contributed by atoms with Crippen LogP contribution in [0.4, 0.5) is 4.79 Å². The Morgan fingerprint density at radius 2 is 1.96 bits per heavy atom. The van der Waals surface area contributed by atoms with Crippen LogP contribution in [0.2, 0.25) is 0 Å². The summed E-state index contributed by atoms with van der Waals surface area (Å²) in [7, 11) is 3.31. The Labute approximate surface area is 157 Å². The fourth-order valence-electron chi connectivity index (χ4n) is 2.75. The summed E-state index contributed by atoms with van der Waals surface area (Å²) in [5.74, 6) is 0.579. The lowest BCUT2D eigenvalue weighted by Gasteiger charge is -2.31. The largest absolute Gasteiger partial charge is 0.460 e. The van der Waals surface area contributed by atoms with Crippen molar-refractivity contribution in [3.05, 3.63) is 42.1 Å². The maximum Gasteiger partial charge on any atom is 0.317 e. The Balaban J connectivity index is 1.43. The minimum absolute atomic E-state index is 0.00104. The SMILES string of the molecule is CN(C)C(=O)c1ccc(CNC(=O)N2CCC(Oc3ncccn3)CC2)o1. The Bertz CT molecular complexity index is 769. The van der Waals surface area contributed by atoms with Crippen LogP contribution in [-0.2, 0) is 6.54 Å². The van der Waals surface area contributed by atoms with Crippen molar-refractivity contribution in [1.82, 2.24) is 25.1 Å². The molecule has 0 spiro atoms. The lowest BCUT2D eigenvalue weighted by molar-refractivity contribution is 0.0794. The summed E-state index contributed by atoms with van der Waals surface area (Å²) < 4.78 is 11.2. The molecule has 3 amide bonds. The number of carbonyl (C=O) groups is 2. The minimum Gasteiger partial charge on any atom is -0.460 e. The van der Waals surface area contributed by atoms with E-state index in [-0.39, 0.29) is 30.3 Å². The van der Waals surface area contributed by atoms with Gasteiger partial charge in [0.1, 0.15) is 11.9 Å². The molecule has 2 aromatic heterocycles. The third kappa shape index (κ3) is 4.96. The van der Waals surface area contributed by atoms with Gasteiger partial charge >= 0.3 is 12.0 Å². The minimum atomic E-state index is -0.211. The van der Waals surface area contributed by atoms with E-state index in [1.807, 2.05) is 0 Å². The van der Waals surface area contributed by atoms with Crippen molar-refractivity contribution < 1.29 is 18.7 Å². The normalized spacial score (nSPS) is 14.7. The van der Waals surface area contributed by atoms with E-state index >= 15 is 0 Å². The van der Waals surface area contributed by atoms with E-state index in [2.05, 4.69) is 15.3 Å². The number of rotatable bonds is 5. The molecule has 1 aliphatic heterocycles. The summed E-state index contributed by atoms with van der Waals surface area (Å²) in [4.78, 5) is 35.4. The standard InChI is InChI=1S/C18H23N5O4/c1-22(2)16(24)15-5-4-14(26-15)12-21-18(25)23-10-6-13(7-11-23)27-17-19-8-3-9-20-17/h3-5,8-9,13H,6-7,10-12H2,1-2H3,(H,21,25). The lowest BCUT2D eigenvalue weighted by Crippen LogP contribution is -2.46. The van der Waals surface area contributed by atoms with Gasteiger partial charge in [-0.15, -0.1) is 0 Å². The monoisotopic (exact) mass is 373 g/mol. The molecule has 0 radical (unpaired) electrons. The molecule has 9 heteroatoms. The van der Waals surface area contributed by atoms with Crippen LogP contribution in [0.5, 0.6) is 6.01 Å². The molecule has 3 heterocycles. The number of ether oxygens (including phenoxy) is 1. The van der Waals surface area contributed by atoms with Gasteiger partial charge in [-0.05, 0) is 18.2 Å². The average Bonchev–Trinajstić information content (AvgIpc) is 3.16. The van der Waals surface area contributed by atoms with Gasteiger partial charge in [-0.2, -0.15) is 0 Å². The van der Waals surface area contributed by atoms with E-state index in [1.54, 1.807) is 49.6 Å². The molecular formula is C18H23N5O4. The zero-order valence-electron chi connectivity index (χ0n) is 15.4. The molecule has 0 atom stereocenters. The molecule has 0 aromatic carbocycles. The average molecular weight is 373 g/mol. The number of hydrogen-bond donors (Lipinski definition) is 1. The molecule has 0 saturated carbocycles. The molecule has 1 fully saturated rings. The number of hydrogen-bond acceptors (Lipinski definition) is 6. The fourth-order valence-corrected chi connectivity index (χ4v) is 2.75. The highest BCUT2D eigenvalue weighted by atomic mass is 16.5. The van der Waals surface area contributed by atoms with Crippen LogP contribution in [0, 0.1) is 0 Å². The van der Waals surface area contributed by atoms with Gasteiger partial charge in [-0.1, -0.05) is 0 Å². The van der Waals surface area contributed by atoms with Crippen molar-refractivity contribution in [2.24, 2.45) is 0 Å². The van der Waals surface area contributed by atoms with Crippen molar-refractivity contribution in [2.45, 2.75) is 25.5 Å². The van der Waals surface area contributed by atoms with Gasteiger partial charge in [-0.25, -0.2) is 14.8 Å². The van der Waals surface area contributed by atoms with E-state index in [0.717, 1.165) is 0 Å². The number of furan rings is 1. The molecule has 1 N–H and O–H groups in total.